The smallest absolute Gasteiger partial charge is 0.339 e. The van der Waals surface area contributed by atoms with Crippen LogP contribution in [0.25, 0.3) is 0 Å². The standard InChI is InChI=1S/C13H14N2O4S/c1-8(16)20-11-4-12(17)15(7-11)10-3-9(5-14-6-10)13(18)19-2/h3,5-6,11H,4,7H2,1-2H3. The molecule has 0 bridgehead atoms. The first-order valence-corrected chi connectivity index (χ1v) is 6.90. The Morgan fingerprint density at radius 1 is 1.45 bits per heavy atom. The third kappa shape index (κ3) is 3.16. The second-order valence-electron chi connectivity index (χ2n) is 4.36. The normalized spacial score (nSPS) is 18.2. The molecule has 106 valence electrons. The van der Waals surface area contributed by atoms with Gasteiger partial charge in [0.05, 0.1) is 24.6 Å². The van der Waals surface area contributed by atoms with Crippen molar-refractivity contribution in [2.45, 2.75) is 18.6 Å². The summed E-state index contributed by atoms with van der Waals surface area (Å²) in [6.45, 7) is 1.92. The van der Waals surface area contributed by atoms with E-state index in [1.165, 1.54) is 38.2 Å². The first kappa shape index (κ1) is 14.5. The van der Waals surface area contributed by atoms with Gasteiger partial charge in [-0.15, -0.1) is 0 Å². The molecule has 2 rings (SSSR count). The number of hydrogen-bond donors (Lipinski definition) is 0. The fourth-order valence-corrected chi connectivity index (χ4v) is 2.96. The number of amides is 1. The molecule has 1 amide bonds. The molecule has 1 fully saturated rings. The molecule has 1 aliphatic rings. The maximum absolute atomic E-state index is 12.0. The van der Waals surface area contributed by atoms with E-state index in [9.17, 15) is 14.4 Å². The van der Waals surface area contributed by atoms with Gasteiger partial charge in [-0.25, -0.2) is 4.79 Å². The minimum Gasteiger partial charge on any atom is -0.465 e. The van der Waals surface area contributed by atoms with E-state index >= 15 is 0 Å². The van der Waals surface area contributed by atoms with Crippen molar-refractivity contribution in [1.82, 2.24) is 4.98 Å². The Balaban J connectivity index is 2.17. The lowest BCUT2D eigenvalue weighted by atomic mass is 10.2. The molecule has 0 aliphatic carbocycles. The average Bonchev–Trinajstić information content (AvgIpc) is 2.78. The van der Waals surface area contributed by atoms with Crippen LogP contribution in [0, 0.1) is 0 Å². The molecule has 7 heteroatoms. The van der Waals surface area contributed by atoms with E-state index in [0.29, 0.717) is 24.2 Å². The molecular formula is C13H14N2O4S. The van der Waals surface area contributed by atoms with Gasteiger partial charge in [0, 0.05) is 31.3 Å². The second kappa shape index (κ2) is 6.04. The Hall–Kier alpha value is -1.89. The Morgan fingerprint density at radius 2 is 2.20 bits per heavy atom. The fourth-order valence-electron chi connectivity index (χ4n) is 2.04. The summed E-state index contributed by atoms with van der Waals surface area (Å²) < 4.78 is 4.62. The van der Waals surface area contributed by atoms with Crippen LogP contribution in [-0.4, -0.2) is 40.9 Å². The number of nitrogens with zero attached hydrogens (tertiary/aromatic N) is 2. The molecule has 20 heavy (non-hydrogen) atoms. The predicted octanol–water partition coefficient (Wildman–Crippen LogP) is 1.25. The first-order valence-electron chi connectivity index (χ1n) is 6.02. The molecule has 2 heterocycles. The van der Waals surface area contributed by atoms with Crippen LogP contribution in [0.4, 0.5) is 5.69 Å². The van der Waals surface area contributed by atoms with Crippen LogP contribution in [0.2, 0.25) is 0 Å². The van der Waals surface area contributed by atoms with E-state index in [1.807, 2.05) is 0 Å². The molecule has 1 aliphatic heterocycles. The summed E-state index contributed by atoms with van der Waals surface area (Å²) in [5.41, 5.74) is 0.838. The molecule has 0 radical (unpaired) electrons. The predicted molar refractivity (Wildman–Crippen MR) is 74.6 cm³/mol. The van der Waals surface area contributed by atoms with E-state index in [4.69, 9.17) is 0 Å². The number of rotatable bonds is 3. The van der Waals surface area contributed by atoms with Crippen molar-refractivity contribution in [1.29, 1.82) is 0 Å². The highest BCUT2D eigenvalue weighted by molar-refractivity contribution is 8.14. The number of thioether (sulfide) groups is 1. The van der Waals surface area contributed by atoms with Gasteiger partial charge in [0.1, 0.15) is 0 Å². The molecule has 0 N–H and O–H groups in total. The molecule has 1 aromatic rings. The second-order valence-corrected chi connectivity index (χ2v) is 5.84. The van der Waals surface area contributed by atoms with Gasteiger partial charge in [0.15, 0.2) is 5.12 Å². The van der Waals surface area contributed by atoms with Crippen molar-refractivity contribution in [3.8, 4) is 0 Å². The molecule has 1 saturated heterocycles. The van der Waals surface area contributed by atoms with Crippen molar-refractivity contribution in [3.05, 3.63) is 24.0 Å². The molecular weight excluding hydrogens is 280 g/mol. The third-order valence-corrected chi connectivity index (χ3v) is 3.86. The van der Waals surface area contributed by atoms with Crippen LogP contribution < -0.4 is 4.90 Å². The molecule has 6 nitrogen and oxygen atoms in total. The maximum Gasteiger partial charge on any atom is 0.339 e. The number of anilines is 1. The van der Waals surface area contributed by atoms with Gasteiger partial charge < -0.3 is 9.64 Å². The number of carbonyl (C=O) groups is 3. The van der Waals surface area contributed by atoms with Gasteiger partial charge in [0.2, 0.25) is 5.91 Å². The molecule has 0 spiro atoms. The van der Waals surface area contributed by atoms with Gasteiger partial charge in [-0.3, -0.25) is 14.6 Å². The number of carbonyl (C=O) groups excluding carboxylic acids is 3. The zero-order chi connectivity index (χ0) is 14.7. The van der Waals surface area contributed by atoms with Gasteiger partial charge in [-0.1, -0.05) is 11.8 Å². The highest BCUT2D eigenvalue weighted by Gasteiger charge is 2.32. The SMILES string of the molecule is COC(=O)c1cncc(N2CC(SC(C)=O)CC2=O)c1. The summed E-state index contributed by atoms with van der Waals surface area (Å²) >= 11 is 1.17. The summed E-state index contributed by atoms with van der Waals surface area (Å²) in [6, 6.07) is 1.57. The Labute approximate surface area is 120 Å². The van der Waals surface area contributed by atoms with E-state index in [1.54, 1.807) is 11.0 Å². The minimum absolute atomic E-state index is 0.00825. The Bertz CT molecular complexity index is 561. The molecule has 1 unspecified atom stereocenters. The number of hydrogen-bond acceptors (Lipinski definition) is 6. The number of pyridine rings is 1. The van der Waals surface area contributed by atoms with Crippen molar-refractivity contribution < 1.29 is 19.1 Å². The van der Waals surface area contributed by atoms with Crippen LogP contribution in [-0.2, 0) is 14.3 Å². The maximum atomic E-state index is 12.0. The number of methoxy groups -OCH3 is 1. The topological polar surface area (TPSA) is 76.6 Å². The Kier molecular flexibility index (Phi) is 4.39. The van der Waals surface area contributed by atoms with E-state index in [0.717, 1.165) is 0 Å². The summed E-state index contributed by atoms with van der Waals surface area (Å²) in [6.07, 6.45) is 3.22. The quantitative estimate of drug-likeness (QED) is 0.781. The summed E-state index contributed by atoms with van der Waals surface area (Å²) in [4.78, 5) is 40.0. The fraction of sp³-hybridized carbons (Fsp3) is 0.385. The van der Waals surface area contributed by atoms with Gasteiger partial charge in [-0.05, 0) is 6.07 Å². The molecule has 1 aromatic heterocycles. The van der Waals surface area contributed by atoms with Crippen LogP contribution in [0.3, 0.4) is 0 Å². The monoisotopic (exact) mass is 294 g/mol. The van der Waals surface area contributed by atoms with Gasteiger partial charge >= 0.3 is 5.97 Å². The number of ether oxygens (including phenoxy) is 1. The van der Waals surface area contributed by atoms with E-state index < -0.39 is 5.97 Å². The summed E-state index contributed by atoms with van der Waals surface area (Å²) in [5.74, 6) is -0.576. The Morgan fingerprint density at radius 3 is 2.85 bits per heavy atom. The first-order chi connectivity index (χ1) is 9.51. The van der Waals surface area contributed by atoms with Crippen LogP contribution >= 0.6 is 11.8 Å². The van der Waals surface area contributed by atoms with Gasteiger partial charge in [0.25, 0.3) is 0 Å². The highest BCUT2D eigenvalue weighted by Crippen LogP contribution is 2.28. The van der Waals surface area contributed by atoms with Crippen LogP contribution in [0.15, 0.2) is 18.5 Å². The molecule has 0 saturated carbocycles. The zero-order valence-electron chi connectivity index (χ0n) is 11.2. The lowest BCUT2D eigenvalue weighted by Gasteiger charge is -2.16. The molecule has 0 aromatic carbocycles. The van der Waals surface area contributed by atoms with E-state index in [2.05, 4.69) is 9.72 Å². The van der Waals surface area contributed by atoms with Crippen molar-refractivity contribution in [2.24, 2.45) is 0 Å². The van der Waals surface area contributed by atoms with Crippen molar-refractivity contribution in [2.75, 3.05) is 18.6 Å². The minimum atomic E-state index is -0.499. The largest absolute Gasteiger partial charge is 0.465 e. The summed E-state index contributed by atoms with van der Waals surface area (Å²) in [7, 11) is 1.29. The lowest BCUT2D eigenvalue weighted by Crippen LogP contribution is -2.25. The molecule has 1 atom stereocenters. The van der Waals surface area contributed by atoms with Crippen molar-refractivity contribution in [3.63, 3.8) is 0 Å². The number of esters is 1. The highest BCUT2D eigenvalue weighted by atomic mass is 32.2. The van der Waals surface area contributed by atoms with Crippen molar-refractivity contribution >= 4 is 34.4 Å². The zero-order valence-corrected chi connectivity index (χ0v) is 12.0. The third-order valence-electron chi connectivity index (χ3n) is 2.88. The van der Waals surface area contributed by atoms with E-state index in [-0.39, 0.29) is 16.3 Å². The van der Waals surface area contributed by atoms with Gasteiger partial charge in [-0.2, -0.15) is 0 Å². The van der Waals surface area contributed by atoms with Crippen LogP contribution in [0.5, 0.6) is 0 Å². The van der Waals surface area contributed by atoms with Crippen LogP contribution in [0.1, 0.15) is 23.7 Å². The lowest BCUT2D eigenvalue weighted by molar-refractivity contribution is -0.117. The average molecular weight is 294 g/mol. The number of aromatic nitrogens is 1. The summed E-state index contributed by atoms with van der Waals surface area (Å²) in [5, 5.41) is -0.0622.